The molecule has 80 valence electrons. The van der Waals surface area contributed by atoms with Crippen molar-refractivity contribution in [3.63, 3.8) is 0 Å². The summed E-state index contributed by atoms with van der Waals surface area (Å²) in [6.45, 7) is 0.490. The van der Waals surface area contributed by atoms with Gasteiger partial charge in [-0.1, -0.05) is 0 Å². The highest BCUT2D eigenvalue weighted by atomic mass is 16.1. The Labute approximate surface area is 88.1 Å². The van der Waals surface area contributed by atoms with Crippen molar-refractivity contribution in [2.75, 3.05) is 6.54 Å². The molecule has 1 atom stereocenters. The zero-order chi connectivity index (χ0) is 10.7. The Morgan fingerprint density at radius 1 is 1.53 bits per heavy atom. The third kappa shape index (κ3) is 2.50. The number of rotatable bonds is 4. The number of carbonyl (C=O) groups excluding carboxylic acids is 1. The van der Waals surface area contributed by atoms with E-state index >= 15 is 0 Å². The first-order valence-electron chi connectivity index (χ1n) is 5.07. The summed E-state index contributed by atoms with van der Waals surface area (Å²) in [6.07, 6.45) is 6.73. The lowest BCUT2D eigenvalue weighted by Gasteiger charge is -2.15. The van der Waals surface area contributed by atoms with Crippen molar-refractivity contribution in [1.82, 2.24) is 15.3 Å². The summed E-state index contributed by atoms with van der Waals surface area (Å²) >= 11 is 0. The molecular formula is C10H14N4O. The summed E-state index contributed by atoms with van der Waals surface area (Å²) in [5, 5.41) is 2.90. The summed E-state index contributed by atoms with van der Waals surface area (Å²) in [5.74, 6) is 0.418. The number of amides is 1. The van der Waals surface area contributed by atoms with E-state index in [1.807, 2.05) is 0 Å². The smallest absolute Gasteiger partial charge is 0.254 e. The Hall–Kier alpha value is -1.49. The summed E-state index contributed by atoms with van der Waals surface area (Å²) < 4.78 is 0. The quantitative estimate of drug-likeness (QED) is 0.723. The van der Waals surface area contributed by atoms with Gasteiger partial charge in [0.1, 0.15) is 6.33 Å². The van der Waals surface area contributed by atoms with Crippen molar-refractivity contribution < 1.29 is 4.79 Å². The second-order valence-electron chi connectivity index (χ2n) is 3.78. The molecule has 1 aliphatic rings. The number of nitrogens with zero attached hydrogens (tertiary/aromatic N) is 2. The lowest BCUT2D eigenvalue weighted by atomic mass is 10.2. The van der Waals surface area contributed by atoms with Crippen LogP contribution in [0.3, 0.4) is 0 Å². The zero-order valence-electron chi connectivity index (χ0n) is 8.39. The Kier molecular flexibility index (Phi) is 2.91. The molecule has 0 aromatic carbocycles. The highest BCUT2D eigenvalue weighted by molar-refractivity contribution is 5.93. The monoisotopic (exact) mass is 206 g/mol. The SMILES string of the molecule is NCC(NC(=O)c1cncnc1)C1CC1. The number of carbonyl (C=O) groups is 1. The van der Waals surface area contributed by atoms with Crippen LogP contribution in [0.15, 0.2) is 18.7 Å². The van der Waals surface area contributed by atoms with Crippen LogP contribution in [0.4, 0.5) is 0 Å². The highest BCUT2D eigenvalue weighted by Crippen LogP contribution is 2.32. The van der Waals surface area contributed by atoms with Crippen molar-refractivity contribution in [2.45, 2.75) is 18.9 Å². The van der Waals surface area contributed by atoms with E-state index in [0.717, 1.165) is 12.8 Å². The molecule has 0 spiro atoms. The van der Waals surface area contributed by atoms with Crippen molar-refractivity contribution in [2.24, 2.45) is 11.7 Å². The van der Waals surface area contributed by atoms with Gasteiger partial charge in [-0.3, -0.25) is 4.79 Å². The van der Waals surface area contributed by atoms with Gasteiger partial charge in [-0.2, -0.15) is 0 Å². The fourth-order valence-electron chi connectivity index (χ4n) is 1.54. The van der Waals surface area contributed by atoms with E-state index in [9.17, 15) is 4.79 Å². The molecule has 1 fully saturated rings. The third-order valence-electron chi connectivity index (χ3n) is 2.58. The van der Waals surface area contributed by atoms with Gasteiger partial charge in [-0.25, -0.2) is 9.97 Å². The average molecular weight is 206 g/mol. The number of aromatic nitrogens is 2. The number of nitrogens with two attached hydrogens (primary N) is 1. The van der Waals surface area contributed by atoms with Crippen LogP contribution in [0, 0.1) is 5.92 Å². The van der Waals surface area contributed by atoms with E-state index < -0.39 is 0 Å². The molecule has 0 radical (unpaired) electrons. The minimum atomic E-state index is -0.141. The molecule has 1 aromatic heterocycles. The first kappa shape index (κ1) is 10.0. The lowest BCUT2D eigenvalue weighted by Crippen LogP contribution is -2.41. The molecule has 1 amide bonds. The van der Waals surface area contributed by atoms with Crippen LogP contribution in [0.1, 0.15) is 23.2 Å². The minimum Gasteiger partial charge on any atom is -0.348 e. The second kappa shape index (κ2) is 4.35. The standard InChI is InChI=1S/C10H14N4O/c11-3-9(7-1-2-7)14-10(15)8-4-12-6-13-5-8/h4-7,9H,1-3,11H2,(H,14,15). The second-order valence-corrected chi connectivity index (χ2v) is 3.78. The molecule has 0 saturated heterocycles. The van der Waals surface area contributed by atoms with Gasteiger partial charge in [-0.15, -0.1) is 0 Å². The first-order valence-corrected chi connectivity index (χ1v) is 5.07. The maximum absolute atomic E-state index is 11.7. The van der Waals surface area contributed by atoms with Crippen molar-refractivity contribution in [3.05, 3.63) is 24.3 Å². The van der Waals surface area contributed by atoms with E-state index in [-0.39, 0.29) is 11.9 Å². The summed E-state index contributed by atoms with van der Waals surface area (Å²) in [5.41, 5.74) is 6.08. The molecule has 15 heavy (non-hydrogen) atoms. The molecule has 1 aromatic rings. The van der Waals surface area contributed by atoms with E-state index in [0.29, 0.717) is 18.0 Å². The largest absolute Gasteiger partial charge is 0.348 e. The molecule has 5 heteroatoms. The number of hydrogen-bond donors (Lipinski definition) is 2. The van der Waals surface area contributed by atoms with Crippen LogP contribution in [-0.4, -0.2) is 28.5 Å². The zero-order valence-corrected chi connectivity index (χ0v) is 8.39. The molecule has 0 bridgehead atoms. The summed E-state index contributed by atoms with van der Waals surface area (Å²) in [4.78, 5) is 19.3. The fourth-order valence-corrected chi connectivity index (χ4v) is 1.54. The maximum atomic E-state index is 11.7. The minimum absolute atomic E-state index is 0.0951. The Morgan fingerprint density at radius 2 is 2.20 bits per heavy atom. The normalized spacial score (nSPS) is 17.1. The van der Waals surface area contributed by atoms with Gasteiger partial charge in [-0.05, 0) is 18.8 Å². The topological polar surface area (TPSA) is 80.9 Å². The highest BCUT2D eigenvalue weighted by Gasteiger charge is 2.31. The summed E-state index contributed by atoms with van der Waals surface area (Å²) in [6, 6.07) is 0.0951. The van der Waals surface area contributed by atoms with Gasteiger partial charge < -0.3 is 11.1 Å². The molecule has 1 unspecified atom stereocenters. The molecule has 2 rings (SSSR count). The molecule has 0 aliphatic heterocycles. The van der Waals surface area contributed by atoms with Gasteiger partial charge in [0.25, 0.3) is 5.91 Å². The van der Waals surface area contributed by atoms with E-state index in [2.05, 4.69) is 15.3 Å². The first-order chi connectivity index (χ1) is 7.31. The van der Waals surface area contributed by atoms with Crippen LogP contribution in [-0.2, 0) is 0 Å². The van der Waals surface area contributed by atoms with E-state index in [4.69, 9.17) is 5.73 Å². The maximum Gasteiger partial charge on any atom is 0.254 e. The third-order valence-corrected chi connectivity index (χ3v) is 2.58. The van der Waals surface area contributed by atoms with Crippen LogP contribution in [0.2, 0.25) is 0 Å². The average Bonchev–Trinajstić information content (AvgIpc) is 3.10. The Balaban J connectivity index is 1.96. The van der Waals surface area contributed by atoms with Crippen LogP contribution >= 0.6 is 0 Å². The van der Waals surface area contributed by atoms with Gasteiger partial charge in [0.2, 0.25) is 0 Å². The fraction of sp³-hybridized carbons (Fsp3) is 0.500. The van der Waals surface area contributed by atoms with E-state index in [1.165, 1.54) is 18.7 Å². The van der Waals surface area contributed by atoms with Crippen LogP contribution < -0.4 is 11.1 Å². The van der Waals surface area contributed by atoms with Crippen molar-refractivity contribution in [3.8, 4) is 0 Å². The predicted molar refractivity (Wildman–Crippen MR) is 55.1 cm³/mol. The molecular weight excluding hydrogens is 192 g/mol. The van der Waals surface area contributed by atoms with E-state index in [1.54, 1.807) is 0 Å². The van der Waals surface area contributed by atoms with Gasteiger partial charge in [0.05, 0.1) is 5.56 Å². The molecule has 5 nitrogen and oxygen atoms in total. The van der Waals surface area contributed by atoms with Gasteiger partial charge in [0.15, 0.2) is 0 Å². The van der Waals surface area contributed by atoms with Gasteiger partial charge in [0, 0.05) is 25.0 Å². The Bertz CT molecular complexity index is 337. The van der Waals surface area contributed by atoms with Crippen LogP contribution in [0.25, 0.3) is 0 Å². The summed E-state index contributed by atoms with van der Waals surface area (Å²) in [7, 11) is 0. The lowest BCUT2D eigenvalue weighted by molar-refractivity contribution is 0.0932. The predicted octanol–water partition coefficient (Wildman–Crippen LogP) is -0.0563. The Morgan fingerprint density at radius 3 is 2.73 bits per heavy atom. The van der Waals surface area contributed by atoms with Crippen molar-refractivity contribution in [1.29, 1.82) is 0 Å². The van der Waals surface area contributed by atoms with Gasteiger partial charge >= 0.3 is 0 Å². The van der Waals surface area contributed by atoms with Crippen molar-refractivity contribution >= 4 is 5.91 Å². The molecule has 3 N–H and O–H groups in total. The molecule has 1 heterocycles. The molecule has 1 saturated carbocycles. The number of hydrogen-bond acceptors (Lipinski definition) is 4. The number of nitrogens with one attached hydrogen (secondary N) is 1. The van der Waals surface area contributed by atoms with Crippen LogP contribution in [0.5, 0.6) is 0 Å². The molecule has 1 aliphatic carbocycles.